The van der Waals surface area contributed by atoms with Gasteiger partial charge in [-0.25, -0.2) is 0 Å². The maximum absolute atomic E-state index is 12.9. The number of carbonyl (C=O) groups excluding carboxylic acids is 1. The maximum Gasteiger partial charge on any atom is 0.256 e. The molecular weight excluding hydrogens is 338 g/mol. The summed E-state index contributed by atoms with van der Waals surface area (Å²) in [7, 11) is 1.64. The van der Waals surface area contributed by atoms with E-state index in [4.69, 9.17) is 10.5 Å². The zero-order valence-corrected chi connectivity index (χ0v) is 15.1. The summed E-state index contributed by atoms with van der Waals surface area (Å²) in [6.07, 6.45) is 1.94. The van der Waals surface area contributed by atoms with Crippen molar-refractivity contribution in [2.24, 2.45) is 5.73 Å². The Hall–Kier alpha value is -2.24. The van der Waals surface area contributed by atoms with E-state index in [9.17, 15) is 4.79 Å². The minimum absolute atomic E-state index is 0. The Bertz CT molecular complexity index is 706. The second-order valence-corrected chi connectivity index (χ2v) is 6.05. The number of likely N-dealkylation sites (tertiary alicyclic amines) is 1. The van der Waals surface area contributed by atoms with Crippen LogP contribution in [0, 0.1) is 0 Å². The van der Waals surface area contributed by atoms with Crippen LogP contribution in [0.3, 0.4) is 0 Å². The lowest BCUT2D eigenvalue weighted by molar-refractivity contribution is 0.0710. The summed E-state index contributed by atoms with van der Waals surface area (Å²) in [6, 6.07) is 15.3. The molecule has 5 nitrogen and oxygen atoms in total. The lowest BCUT2D eigenvalue weighted by atomic mass is 10.0. The first-order chi connectivity index (χ1) is 11.7. The molecule has 1 aliphatic heterocycles. The third-order valence-electron chi connectivity index (χ3n) is 4.27. The fourth-order valence-electron chi connectivity index (χ4n) is 2.97. The van der Waals surface area contributed by atoms with Crippen molar-refractivity contribution in [3.63, 3.8) is 0 Å². The number of ether oxygens (including phenoxy) is 1. The summed E-state index contributed by atoms with van der Waals surface area (Å²) < 4.78 is 5.17. The van der Waals surface area contributed by atoms with Gasteiger partial charge in [0.1, 0.15) is 5.75 Å². The minimum Gasteiger partial charge on any atom is -0.497 e. The molecule has 1 heterocycles. The van der Waals surface area contributed by atoms with Crippen LogP contribution >= 0.6 is 12.4 Å². The van der Waals surface area contributed by atoms with Crippen LogP contribution in [0.2, 0.25) is 0 Å². The molecule has 0 radical (unpaired) electrons. The standard InChI is InChI=1S/C19H23N3O2.ClH/c1-24-16-10-8-15(9-11-16)21-18-7-3-2-6-17(18)19(23)22-12-4-5-14(20)13-22;/h2-3,6-11,14,21H,4-5,12-13,20H2,1H3;1H. The van der Waals surface area contributed by atoms with E-state index in [2.05, 4.69) is 5.32 Å². The van der Waals surface area contributed by atoms with E-state index in [-0.39, 0.29) is 24.4 Å². The quantitative estimate of drug-likeness (QED) is 0.875. The van der Waals surface area contributed by atoms with Crippen molar-refractivity contribution in [2.75, 3.05) is 25.5 Å². The van der Waals surface area contributed by atoms with Gasteiger partial charge in [0.25, 0.3) is 5.91 Å². The number of benzene rings is 2. The van der Waals surface area contributed by atoms with Crippen LogP contribution in [-0.4, -0.2) is 37.0 Å². The summed E-state index contributed by atoms with van der Waals surface area (Å²) >= 11 is 0. The molecule has 2 aromatic rings. The number of methoxy groups -OCH3 is 1. The van der Waals surface area contributed by atoms with Crippen molar-refractivity contribution in [1.82, 2.24) is 4.90 Å². The second-order valence-electron chi connectivity index (χ2n) is 6.05. The number of para-hydroxylation sites is 1. The molecule has 0 spiro atoms. The summed E-state index contributed by atoms with van der Waals surface area (Å²) in [6.45, 7) is 1.39. The van der Waals surface area contributed by atoms with Gasteiger partial charge in [0.05, 0.1) is 18.4 Å². The first-order valence-corrected chi connectivity index (χ1v) is 8.22. The van der Waals surface area contributed by atoms with Crippen molar-refractivity contribution < 1.29 is 9.53 Å². The number of nitrogens with two attached hydrogens (primary N) is 1. The van der Waals surface area contributed by atoms with Crippen molar-refractivity contribution in [3.8, 4) is 5.75 Å². The summed E-state index contributed by atoms with van der Waals surface area (Å²) in [5.74, 6) is 0.828. The summed E-state index contributed by atoms with van der Waals surface area (Å²) in [5.41, 5.74) is 8.38. The van der Waals surface area contributed by atoms with Gasteiger partial charge in [0.15, 0.2) is 0 Å². The highest BCUT2D eigenvalue weighted by Crippen LogP contribution is 2.24. The van der Waals surface area contributed by atoms with Gasteiger partial charge < -0.3 is 20.7 Å². The lowest BCUT2D eigenvalue weighted by Gasteiger charge is -2.31. The molecule has 0 saturated carbocycles. The molecule has 1 aliphatic rings. The van der Waals surface area contributed by atoms with Crippen LogP contribution in [0.25, 0.3) is 0 Å². The largest absolute Gasteiger partial charge is 0.497 e. The van der Waals surface area contributed by atoms with Gasteiger partial charge in [0.2, 0.25) is 0 Å². The zero-order valence-electron chi connectivity index (χ0n) is 14.3. The number of hydrogen-bond donors (Lipinski definition) is 2. The number of halogens is 1. The zero-order chi connectivity index (χ0) is 16.9. The molecule has 134 valence electrons. The topological polar surface area (TPSA) is 67.6 Å². The molecule has 1 amide bonds. The van der Waals surface area contributed by atoms with Crippen molar-refractivity contribution in [1.29, 1.82) is 0 Å². The Morgan fingerprint density at radius 3 is 2.60 bits per heavy atom. The van der Waals surface area contributed by atoms with Crippen molar-refractivity contribution in [3.05, 3.63) is 54.1 Å². The predicted molar refractivity (Wildman–Crippen MR) is 103 cm³/mol. The van der Waals surface area contributed by atoms with Gasteiger partial charge in [-0.1, -0.05) is 12.1 Å². The molecule has 25 heavy (non-hydrogen) atoms. The fourth-order valence-corrected chi connectivity index (χ4v) is 2.97. The van der Waals surface area contributed by atoms with Crippen LogP contribution in [0.15, 0.2) is 48.5 Å². The van der Waals surface area contributed by atoms with E-state index in [1.807, 2.05) is 53.4 Å². The van der Waals surface area contributed by atoms with E-state index in [0.29, 0.717) is 12.1 Å². The summed E-state index contributed by atoms with van der Waals surface area (Å²) in [4.78, 5) is 14.7. The van der Waals surface area contributed by atoms with Gasteiger partial charge in [-0.15, -0.1) is 12.4 Å². The number of nitrogens with one attached hydrogen (secondary N) is 1. The highest BCUT2D eigenvalue weighted by molar-refractivity contribution is 6.00. The first-order valence-electron chi connectivity index (χ1n) is 8.22. The molecule has 0 aromatic heterocycles. The Balaban J connectivity index is 0.00000225. The third-order valence-corrected chi connectivity index (χ3v) is 4.27. The highest BCUT2D eigenvalue weighted by atomic mass is 35.5. The number of nitrogens with zero attached hydrogens (tertiary/aromatic N) is 1. The SMILES string of the molecule is COc1ccc(Nc2ccccc2C(=O)N2CCCC(N)C2)cc1.Cl. The summed E-state index contributed by atoms with van der Waals surface area (Å²) in [5, 5.41) is 3.32. The van der Waals surface area contributed by atoms with E-state index >= 15 is 0 Å². The van der Waals surface area contributed by atoms with Gasteiger partial charge in [0, 0.05) is 24.8 Å². The van der Waals surface area contributed by atoms with Crippen LogP contribution < -0.4 is 15.8 Å². The van der Waals surface area contributed by atoms with E-state index < -0.39 is 0 Å². The normalized spacial score (nSPS) is 16.7. The Morgan fingerprint density at radius 2 is 1.92 bits per heavy atom. The number of anilines is 2. The number of rotatable bonds is 4. The number of amides is 1. The Morgan fingerprint density at radius 1 is 1.20 bits per heavy atom. The highest BCUT2D eigenvalue weighted by Gasteiger charge is 2.23. The number of piperidine rings is 1. The molecule has 0 bridgehead atoms. The average molecular weight is 362 g/mol. The van der Waals surface area contributed by atoms with Gasteiger partial charge in [-0.05, 0) is 49.2 Å². The molecule has 3 N–H and O–H groups in total. The number of hydrogen-bond acceptors (Lipinski definition) is 4. The third kappa shape index (κ3) is 4.65. The second kappa shape index (κ2) is 8.74. The fraction of sp³-hybridized carbons (Fsp3) is 0.316. The van der Waals surface area contributed by atoms with Crippen molar-refractivity contribution >= 4 is 29.7 Å². The molecule has 3 rings (SSSR count). The molecule has 6 heteroatoms. The minimum atomic E-state index is 0. The maximum atomic E-state index is 12.9. The molecule has 1 unspecified atom stereocenters. The van der Waals surface area contributed by atoms with Crippen LogP contribution in [0.5, 0.6) is 5.75 Å². The van der Waals surface area contributed by atoms with Crippen molar-refractivity contribution in [2.45, 2.75) is 18.9 Å². The molecular formula is C19H24ClN3O2. The predicted octanol–water partition coefficient (Wildman–Crippen LogP) is 3.42. The molecule has 1 saturated heterocycles. The molecule has 0 aliphatic carbocycles. The average Bonchev–Trinajstić information content (AvgIpc) is 2.62. The van der Waals surface area contributed by atoms with Gasteiger partial charge in [-0.3, -0.25) is 4.79 Å². The number of carbonyl (C=O) groups is 1. The van der Waals surface area contributed by atoms with Crippen LogP contribution in [0.1, 0.15) is 23.2 Å². The molecule has 1 atom stereocenters. The van der Waals surface area contributed by atoms with Gasteiger partial charge in [-0.2, -0.15) is 0 Å². The van der Waals surface area contributed by atoms with E-state index in [0.717, 1.165) is 36.5 Å². The Kier molecular flexibility index (Phi) is 6.67. The first kappa shape index (κ1) is 19.1. The Labute approximate surface area is 154 Å². The van der Waals surface area contributed by atoms with Crippen LogP contribution in [-0.2, 0) is 0 Å². The lowest BCUT2D eigenvalue weighted by Crippen LogP contribution is -2.45. The molecule has 2 aromatic carbocycles. The molecule has 1 fully saturated rings. The smallest absolute Gasteiger partial charge is 0.256 e. The monoisotopic (exact) mass is 361 g/mol. The van der Waals surface area contributed by atoms with Crippen LogP contribution in [0.4, 0.5) is 11.4 Å². The van der Waals surface area contributed by atoms with E-state index in [1.54, 1.807) is 7.11 Å². The van der Waals surface area contributed by atoms with E-state index in [1.165, 1.54) is 0 Å². The van der Waals surface area contributed by atoms with Gasteiger partial charge >= 0.3 is 0 Å².